The van der Waals surface area contributed by atoms with E-state index in [4.69, 9.17) is 9.47 Å². The van der Waals surface area contributed by atoms with Crippen molar-refractivity contribution in [3.05, 3.63) is 146 Å². The Morgan fingerprint density at radius 2 is 0.724 bits per heavy atom. The SMILES string of the molecule is CC/C=C\C/C=C\C/C=C\C/C=C\C/C=C\C/C=C\C/C=C\C/C=C\CCCCCCCCC(=O)OC(CO)COC(=O)CC/C=C\C/C=C\C/C=C\C/C=C\CC. The average molecular weight is 797 g/mol. The van der Waals surface area contributed by atoms with Gasteiger partial charge in [-0.3, -0.25) is 9.59 Å². The maximum Gasteiger partial charge on any atom is 0.306 e. The van der Waals surface area contributed by atoms with Gasteiger partial charge in [0.15, 0.2) is 6.10 Å². The lowest BCUT2D eigenvalue weighted by Crippen LogP contribution is -2.28. The second-order valence-corrected chi connectivity index (χ2v) is 14.0. The second kappa shape index (κ2) is 47.2. The molecule has 1 unspecified atom stereocenters. The monoisotopic (exact) mass is 797 g/mol. The number of hydrogen-bond acceptors (Lipinski definition) is 5. The molecule has 0 fully saturated rings. The third kappa shape index (κ3) is 44.5. The first-order valence-electron chi connectivity index (χ1n) is 22.4. The highest BCUT2D eigenvalue weighted by atomic mass is 16.6. The Kier molecular flexibility index (Phi) is 43.7. The van der Waals surface area contributed by atoms with Crippen LogP contribution in [0.25, 0.3) is 0 Å². The number of unbranched alkanes of at least 4 members (excludes halogenated alkanes) is 6. The van der Waals surface area contributed by atoms with Crippen LogP contribution in [-0.4, -0.2) is 36.4 Å². The van der Waals surface area contributed by atoms with Crippen LogP contribution in [0, 0.1) is 0 Å². The third-order valence-corrected chi connectivity index (χ3v) is 8.64. The maximum absolute atomic E-state index is 12.2. The summed E-state index contributed by atoms with van der Waals surface area (Å²) in [4.78, 5) is 24.3. The zero-order valence-electron chi connectivity index (χ0n) is 36.5. The lowest BCUT2D eigenvalue weighted by molar-refractivity contribution is -0.161. The quantitative estimate of drug-likeness (QED) is 0.0383. The number of ether oxygens (including phenoxy) is 2. The van der Waals surface area contributed by atoms with Crippen LogP contribution in [0.3, 0.4) is 0 Å². The molecule has 0 aromatic carbocycles. The van der Waals surface area contributed by atoms with Gasteiger partial charge in [0.2, 0.25) is 0 Å². The number of allylic oxidation sites excluding steroid dienone is 24. The number of aliphatic hydroxyl groups excluding tert-OH is 1. The molecule has 58 heavy (non-hydrogen) atoms. The maximum atomic E-state index is 12.2. The first-order chi connectivity index (χ1) is 28.6. The molecule has 5 nitrogen and oxygen atoms in total. The predicted molar refractivity (Wildman–Crippen MR) is 251 cm³/mol. The molecule has 0 heterocycles. The molecule has 0 aromatic heterocycles. The average Bonchev–Trinajstić information content (AvgIpc) is 3.23. The molecule has 1 N–H and O–H groups in total. The molecular weight excluding hydrogens is 717 g/mol. The number of esters is 2. The zero-order chi connectivity index (χ0) is 42.1. The molecular formula is C53H80O5. The van der Waals surface area contributed by atoms with Crippen LogP contribution >= 0.6 is 0 Å². The van der Waals surface area contributed by atoms with Crippen LogP contribution in [0.5, 0.6) is 0 Å². The third-order valence-electron chi connectivity index (χ3n) is 8.64. The van der Waals surface area contributed by atoms with Crippen LogP contribution in [0.1, 0.15) is 155 Å². The van der Waals surface area contributed by atoms with Gasteiger partial charge in [-0.15, -0.1) is 0 Å². The topological polar surface area (TPSA) is 72.8 Å². The van der Waals surface area contributed by atoms with E-state index in [0.29, 0.717) is 12.8 Å². The fourth-order valence-corrected chi connectivity index (χ4v) is 5.35. The van der Waals surface area contributed by atoms with E-state index in [2.05, 4.69) is 148 Å². The largest absolute Gasteiger partial charge is 0.462 e. The molecule has 322 valence electrons. The van der Waals surface area contributed by atoms with Gasteiger partial charge < -0.3 is 14.6 Å². The fraction of sp³-hybridized carbons (Fsp3) is 0.509. The van der Waals surface area contributed by atoms with Crippen molar-refractivity contribution in [2.45, 2.75) is 161 Å². The molecule has 0 amide bonds. The van der Waals surface area contributed by atoms with E-state index in [9.17, 15) is 14.7 Å². The fourth-order valence-electron chi connectivity index (χ4n) is 5.35. The number of rotatable bonds is 38. The van der Waals surface area contributed by atoms with Crippen molar-refractivity contribution in [1.82, 2.24) is 0 Å². The molecule has 0 rings (SSSR count). The van der Waals surface area contributed by atoms with Crippen LogP contribution in [0.2, 0.25) is 0 Å². The first kappa shape index (κ1) is 53.8. The van der Waals surface area contributed by atoms with Crippen LogP contribution < -0.4 is 0 Å². The summed E-state index contributed by atoms with van der Waals surface area (Å²) in [6.07, 6.45) is 72.2. The summed E-state index contributed by atoms with van der Waals surface area (Å²) >= 11 is 0. The number of hydrogen-bond donors (Lipinski definition) is 1. The molecule has 0 spiro atoms. The Labute approximate surface area is 355 Å². The highest BCUT2D eigenvalue weighted by Gasteiger charge is 2.15. The molecule has 0 saturated heterocycles. The zero-order valence-corrected chi connectivity index (χ0v) is 36.5. The molecule has 1 atom stereocenters. The van der Waals surface area contributed by atoms with Crippen molar-refractivity contribution in [3.63, 3.8) is 0 Å². The molecule has 0 aliphatic rings. The van der Waals surface area contributed by atoms with Gasteiger partial charge in [0.1, 0.15) is 6.61 Å². The minimum Gasteiger partial charge on any atom is -0.462 e. The number of carbonyl (C=O) groups excluding carboxylic acids is 2. The van der Waals surface area contributed by atoms with E-state index in [0.717, 1.165) is 109 Å². The van der Waals surface area contributed by atoms with Gasteiger partial charge in [-0.2, -0.15) is 0 Å². The van der Waals surface area contributed by atoms with Crippen molar-refractivity contribution in [2.75, 3.05) is 13.2 Å². The Balaban J connectivity index is 3.71. The smallest absolute Gasteiger partial charge is 0.306 e. The standard InChI is InChI=1S/C53H80O5/c1-3-5-7-9-11-13-15-17-18-19-20-21-22-23-24-25-26-27-28-29-30-31-32-33-34-36-38-40-42-44-46-48-53(56)58-51(49-54)50-57-52(55)47-45-43-41-39-37-35-16-14-12-10-8-6-4-2/h5-8,11-14,17-18,20-21,23-24,26-27,29-30,32-33,35,37,41,43,51,54H,3-4,9-10,15-16,19,22,25,28,31,34,36,38-40,42,44-50H2,1-2H3/b7-5-,8-6-,13-11-,14-12-,18-17-,21-20-,24-23-,27-26-,30-29-,33-32-,37-35-,43-41-. The van der Waals surface area contributed by atoms with Gasteiger partial charge in [-0.25, -0.2) is 0 Å². The van der Waals surface area contributed by atoms with E-state index in [1.54, 1.807) is 0 Å². The van der Waals surface area contributed by atoms with Crippen LogP contribution in [0.15, 0.2) is 146 Å². The van der Waals surface area contributed by atoms with Gasteiger partial charge in [0.05, 0.1) is 6.61 Å². The van der Waals surface area contributed by atoms with E-state index in [-0.39, 0.29) is 31.6 Å². The Hall–Kier alpha value is -4.22. The van der Waals surface area contributed by atoms with Crippen molar-refractivity contribution in [3.8, 4) is 0 Å². The van der Waals surface area contributed by atoms with Gasteiger partial charge in [-0.05, 0) is 103 Å². The summed E-state index contributed by atoms with van der Waals surface area (Å²) in [5, 5.41) is 9.56. The first-order valence-corrected chi connectivity index (χ1v) is 22.4. The summed E-state index contributed by atoms with van der Waals surface area (Å²) in [5.74, 6) is -0.719. The van der Waals surface area contributed by atoms with Crippen molar-refractivity contribution in [1.29, 1.82) is 0 Å². The molecule has 0 aliphatic carbocycles. The predicted octanol–water partition coefficient (Wildman–Crippen LogP) is 14.7. The minimum atomic E-state index is -0.819. The molecule has 0 bridgehead atoms. The Morgan fingerprint density at radius 3 is 1.10 bits per heavy atom. The summed E-state index contributed by atoms with van der Waals surface area (Å²) in [5.41, 5.74) is 0. The molecule has 0 saturated carbocycles. The highest BCUT2D eigenvalue weighted by Crippen LogP contribution is 2.11. The van der Waals surface area contributed by atoms with Gasteiger partial charge in [0, 0.05) is 12.8 Å². The lowest BCUT2D eigenvalue weighted by atomic mass is 10.1. The second-order valence-electron chi connectivity index (χ2n) is 14.0. The molecule has 0 radical (unpaired) electrons. The summed E-state index contributed by atoms with van der Waals surface area (Å²) in [7, 11) is 0. The highest BCUT2D eigenvalue weighted by molar-refractivity contribution is 5.70. The van der Waals surface area contributed by atoms with Crippen molar-refractivity contribution >= 4 is 11.9 Å². The van der Waals surface area contributed by atoms with Gasteiger partial charge in [-0.1, -0.05) is 185 Å². The molecule has 0 aliphatic heterocycles. The summed E-state index contributed by atoms with van der Waals surface area (Å²) in [6, 6.07) is 0. The van der Waals surface area contributed by atoms with E-state index >= 15 is 0 Å². The Morgan fingerprint density at radius 1 is 0.397 bits per heavy atom. The van der Waals surface area contributed by atoms with Gasteiger partial charge in [0.25, 0.3) is 0 Å². The number of aliphatic hydroxyl groups is 1. The summed E-state index contributed by atoms with van der Waals surface area (Å²) in [6.45, 7) is 3.80. The molecule has 5 heteroatoms. The van der Waals surface area contributed by atoms with Gasteiger partial charge >= 0.3 is 11.9 Å². The normalized spacial score (nSPS) is 13.6. The lowest BCUT2D eigenvalue weighted by Gasteiger charge is -2.15. The van der Waals surface area contributed by atoms with Crippen LogP contribution in [-0.2, 0) is 19.1 Å². The Bertz CT molecular complexity index is 1310. The number of carbonyl (C=O) groups is 2. The van der Waals surface area contributed by atoms with Crippen molar-refractivity contribution in [2.24, 2.45) is 0 Å². The van der Waals surface area contributed by atoms with Crippen LogP contribution in [0.4, 0.5) is 0 Å². The molecule has 0 aromatic rings. The van der Waals surface area contributed by atoms with E-state index in [1.165, 1.54) is 12.8 Å². The van der Waals surface area contributed by atoms with Crippen molar-refractivity contribution < 1.29 is 24.2 Å². The minimum absolute atomic E-state index is 0.121. The van der Waals surface area contributed by atoms with E-state index in [1.807, 2.05) is 12.2 Å². The van der Waals surface area contributed by atoms with E-state index < -0.39 is 6.10 Å². The summed E-state index contributed by atoms with van der Waals surface area (Å²) < 4.78 is 10.5.